The van der Waals surface area contributed by atoms with E-state index in [1.54, 1.807) is 12.1 Å². The number of hydrogen-bond donors (Lipinski definition) is 1. The minimum absolute atomic E-state index is 0.103. The number of rotatable bonds is 2. The molecule has 17 heavy (non-hydrogen) atoms. The molecule has 92 valence electrons. The lowest BCUT2D eigenvalue weighted by atomic mass is 9.88. The molecule has 3 nitrogen and oxygen atoms in total. The first-order valence-electron chi connectivity index (χ1n) is 5.78. The van der Waals surface area contributed by atoms with Crippen molar-refractivity contribution in [1.82, 2.24) is 5.32 Å². The van der Waals surface area contributed by atoms with E-state index in [0.717, 1.165) is 6.42 Å². The first-order valence-corrected chi connectivity index (χ1v) is 5.78. The maximum absolute atomic E-state index is 13.6. The van der Waals surface area contributed by atoms with E-state index in [0.29, 0.717) is 18.5 Å². The van der Waals surface area contributed by atoms with Gasteiger partial charge in [0.05, 0.1) is 13.0 Å². The fourth-order valence-electron chi connectivity index (χ4n) is 2.29. The highest BCUT2D eigenvalue weighted by Crippen LogP contribution is 2.29. The van der Waals surface area contributed by atoms with Crippen LogP contribution in [0.5, 0.6) is 0 Å². The minimum atomic E-state index is -0.226. The van der Waals surface area contributed by atoms with Crippen LogP contribution < -0.4 is 5.32 Å². The zero-order valence-corrected chi connectivity index (χ0v) is 9.78. The largest absolute Gasteiger partial charge is 0.469 e. The lowest BCUT2D eigenvalue weighted by molar-refractivity contribution is -0.146. The molecule has 2 unspecified atom stereocenters. The summed E-state index contributed by atoms with van der Waals surface area (Å²) in [7, 11) is 1.39. The number of carbonyl (C=O) groups is 1. The zero-order valence-electron chi connectivity index (χ0n) is 9.78. The molecular weight excluding hydrogens is 221 g/mol. The Bertz CT molecular complexity index is 408. The fourth-order valence-corrected chi connectivity index (χ4v) is 2.29. The van der Waals surface area contributed by atoms with Crippen LogP contribution >= 0.6 is 0 Å². The van der Waals surface area contributed by atoms with E-state index < -0.39 is 0 Å². The van der Waals surface area contributed by atoms with Crippen LogP contribution in [-0.4, -0.2) is 19.6 Å². The maximum Gasteiger partial charge on any atom is 0.308 e. The number of benzene rings is 1. The predicted molar refractivity (Wildman–Crippen MR) is 61.9 cm³/mol. The molecule has 0 radical (unpaired) electrons. The molecule has 0 saturated carbocycles. The van der Waals surface area contributed by atoms with Gasteiger partial charge in [0.2, 0.25) is 0 Å². The minimum Gasteiger partial charge on any atom is -0.469 e. The number of nitrogens with one attached hydrogen (secondary N) is 1. The van der Waals surface area contributed by atoms with E-state index in [4.69, 9.17) is 4.74 Å². The number of halogens is 1. The average Bonchev–Trinajstić information content (AvgIpc) is 2.38. The molecule has 1 fully saturated rings. The van der Waals surface area contributed by atoms with Gasteiger partial charge in [-0.1, -0.05) is 18.2 Å². The van der Waals surface area contributed by atoms with Crippen LogP contribution in [-0.2, 0) is 9.53 Å². The summed E-state index contributed by atoms with van der Waals surface area (Å²) in [4.78, 5) is 11.5. The van der Waals surface area contributed by atoms with Crippen molar-refractivity contribution in [2.45, 2.75) is 18.9 Å². The van der Waals surface area contributed by atoms with Crippen LogP contribution in [0.25, 0.3) is 0 Å². The molecule has 1 aliphatic heterocycles. The van der Waals surface area contributed by atoms with Crippen LogP contribution in [0.2, 0.25) is 0 Å². The Balaban J connectivity index is 2.12. The Kier molecular flexibility index (Phi) is 3.74. The Hall–Kier alpha value is -1.42. The third kappa shape index (κ3) is 2.64. The van der Waals surface area contributed by atoms with Gasteiger partial charge in [-0.25, -0.2) is 4.39 Å². The summed E-state index contributed by atoms with van der Waals surface area (Å²) in [5, 5.41) is 3.24. The molecule has 0 aromatic heterocycles. The third-order valence-electron chi connectivity index (χ3n) is 3.22. The van der Waals surface area contributed by atoms with Crippen LogP contribution in [0.1, 0.15) is 24.4 Å². The fraction of sp³-hybridized carbons (Fsp3) is 0.462. The van der Waals surface area contributed by atoms with E-state index in [9.17, 15) is 9.18 Å². The average molecular weight is 237 g/mol. The lowest BCUT2D eigenvalue weighted by Gasteiger charge is -2.29. The second-order valence-corrected chi connectivity index (χ2v) is 4.27. The van der Waals surface area contributed by atoms with Gasteiger partial charge in [0.25, 0.3) is 0 Å². The van der Waals surface area contributed by atoms with Crippen LogP contribution in [0.4, 0.5) is 4.39 Å². The predicted octanol–water partition coefficient (Wildman–Crippen LogP) is 2.04. The molecule has 1 aromatic carbocycles. The highest BCUT2D eigenvalue weighted by Gasteiger charge is 2.29. The maximum atomic E-state index is 13.6. The van der Waals surface area contributed by atoms with Gasteiger partial charge in [-0.3, -0.25) is 4.79 Å². The van der Waals surface area contributed by atoms with Crippen molar-refractivity contribution in [2.24, 2.45) is 5.92 Å². The highest BCUT2D eigenvalue weighted by molar-refractivity contribution is 5.72. The molecule has 0 aliphatic carbocycles. The molecule has 1 aromatic rings. The molecule has 0 spiro atoms. The zero-order chi connectivity index (χ0) is 12.3. The van der Waals surface area contributed by atoms with Gasteiger partial charge in [0, 0.05) is 11.6 Å². The van der Waals surface area contributed by atoms with Gasteiger partial charge >= 0.3 is 5.97 Å². The molecule has 1 aliphatic rings. The lowest BCUT2D eigenvalue weighted by Crippen LogP contribution is -2.35. The van der Waals surface area contributed by atoms with Crippen LogP contribution in [0.15, 0.2) is 24.3 Å². The Labute approximate surface area is 100.0 Å². The van der Waals surface area contributed by atoms with Gasteiger partial charge in [0.1, 0.15) is 5.82 Å². The summed E-state index contributed by atoms with van der Waals surface area (Å²) in [5.74, 6) is -0.561. The van der Waals surface area contributed by atoms with E-state index >= 15 is 0 Å². The summed E-state index contributed by atoms with van der Waals surface area (Å²) in [6.45, 7) is 0.707. The normalized spacial score (nSPS) is 24.4. The van der Waals surface area contributed by atoms with Crippen molar-refractivity contribution in [2.75, 3.05) is 13.7 Å². The van der Waals surface area contributed by atoms with Crippen molar-refractivity contribution in [3.8, 4) is 0 Å². The third-order valence-corrected chi connectivity index (χ3v) is 3.22. The number of esters is 1. The van der Waals surface area contributed by atoms with E-state index in [1.165, 1.54) is 13.2 Å². The first-order chi connectivity index (χ1) is 8.22. The number of ether oxygens (including phenoxy) is 1. The van der Waals surface area contributed by atoms with Crippen LogP contribution in [0, 0.1) is 11.7 Å². The number of hydrogen-bond acceptors (Lipinski definition) is 3. The van der Waals surface area contributed by atoms with Crippen LogP contribution in [0.3, 0.4) is 0 Å². The molecular formula is C13H16FNO2. The second-order valence-electron chi connectivity index (χ2n) is 4.27. The van der Waals surface area contributed by atoms with Crippen molar-refractivity contribution >= 4 is 5.97 Å². The molecule has 4 heteroatoms. The van der Waals surface area contributed by atoms with Gasteiger partial charge in [0.15, 0.2) is 0 Å². The van der Waals surface area contributed by atoms with Crippen molar-refractivity contribution in [3.63, 3.8) is 0 Å². The molecule has 0 bridgehead atoms. The van der Waals surface area contributed by atoms with E-state index in [2.05, 4.69) is 5.32 Å². The second kappa shape index (κ2) is 5.27. The Morgan fingerprint density at radius 1 is 1.47 bits per heavy atom. The quantitative estimate of drug-likeness (QED) is 0.800. The SMILES string of the molecule is COC(=O)C1CCNC(c2ccccc2F)C1. The first kappa shape index (κ1) is 12.0. The molecule has 0 amide bonds. The standard InChI is InChI=1S/C13H16FNO2/c1-17-13(16)9-6-7-15-12(8-9)10-4-2-3-5-11(10)14/h2-5,9,12,15H,6-8H2,1H3. The van der Waals surface area contributed by atoms with E-state index in [-0.39, 0.29) is 23.7 Å². The number of carbonyl (C=O) groups excluding carboxylic acids is 1. The highest BCUT2D eigenvalue weighted by atomic mass is 19.1. The molecule has 1 N–H and O–H groups in total. The summed E-state index contributed by atoms with van der Waals surface area (Å²) in [6.07, 6.45) is 1.34. The molecule has 2 rings (SSSR count). The number of piperidine rings is 1. The summed E-state index contributed by atoms with van der Waals surface area (Å²) in [5.41, 5.74) is 0.626. The molecule has 1 saturated heterocycles. The topological polar surface area (TPSA) is 38.3 Å². The van der Waals surface area contributed by atoms with Gasteiger partial charge in [-0.15, -0.1) is 0 Å². The monoisotopic (exact) mass is 237 g/mol. The van der Waals surface area contributed by atoms with Gasteiger partial charge in [-0.05, 0) is 25.5 Å². The van der Waals surface area contributed by atoms with Crippen molar-refractivity contribution < 1.29 is 13.9 Å². The Morgan fingerprint density at radius 3 is 2.94 bits per heavy atom. The smallest absolute Gasteiger partial charge is 0.308 e. The summed E-state index contributed by atoms with van der Waals surface area (Å²) < 4.78 is 18.4. The van der Waals surface area contributed by atoms with Crippen molar-refractivity contribution in [1.29, 1.82) is 0 Å². The number of methoxy groups -OCH3 is 1. The van der Waals surface area contributed by atoms with Crippen molar-refractivity contribution in [3.05, 3.63) is 35.6 Å². The summed E-state index contributed by atoms with van der Waals surface area (Å²) in [6, 6.07) is 6.57. The van der Waals surface area contributed by atoms with E-state index in [1.807, 2.05) is 6.07 Å². The summed E-state index contributed by atoms with van der Waals surface area (Å²) >= 11 is 0. The molecule has 1 heterocycles. The Morgan fingerprint density at radius 2 is 2.24 bits per heavy atom. The molecule has 2 atom stereocenters. The van der Waals surface area contributed by atoms with Gasteiger partial charge in [-0.2, -0.15) is 0 Å². The van der Waals surface area contributed by atoms with Gasteiger partial charge < -0.3 is 10.1 Å².